The third-order valence-corrected chi connectivity index (χ3v) is 6.48. The molecule has 25 heavy (non-hydrogen) atoms. The van der Waals surface area contributed by atoms with Crippen LogP contribution in [0.2, 0.25) is 0 Å². The van der Waals surface area contributed by atoms with Crippen molar-refractivity contribution in [3.8, 4) is 0 Å². The molecule has 0 saturated carbocycles. The topological polar surface area (TPSA) is 55.8 Å². The predicted octanol–water partition coefficient (Wildman–Crippen LogP) is 5.25. The van der Waals surface area contributed by atoms with E-state index in [-0.39, 0.29) is 5.41 Å². The number of aliphatic hydroxyl groups excluding tert-OH is 1. The lowest BCUT2D eigenvalue weighted by molar-refractivity contribution is 0.0232. The Labute approximate surface area is 146 Å². The van der Waals surface area contributed by atoms with Crippen LogP contribution in [0.3, 0.4) is 0 Å². The summed E-state index contributed by atoms with van der Waals surface area (Å²) in [6.45, 7) is 4.56. The van der Waals surface area contributed by atoms with Crippen molar-refractivity contribution in [1.29, 1.82) is 0 Å². The van der Waals surface area contributed by atoms with Crippen molar-refractivity contribution < 1.29 is 18.7 Å². The number of aliphatic hydroxyl groups is 1. The van der Waals surface area contributed by atoms with Crippen molar-refractivity contribution in [3.63, 3.8) is 0 Å². The molecule has 0 aliphatic carbocycles. The summed E-state index contributed by atoms with van der Waals surface area (Å²) in [5.74, 6) is -1.32. The van der Waals surface area contributed by atoms with Gasteiger partial charge in [0.2, 0.25) is 0 Å². The molecule has 1 unspecified atom stereocenters. The van der Waals surface area contributed by atoms with Gasteiger partial charge in [0.05, 0.1) is 13.2 Å². The third kappa shape index (κ3) is 2.90. The van der Waals surface area contributed by atoms with Crippen LogP contribution in [0.15, 0.2) is 54.6 Å². The van der Waals surface area contributed by atoms with Gasteiger partial charge in [-0.2, -0.15) is 0 Å². The Morgan fingerprint density at radius 1 is 0.960 bits per heavy atom. The van der Waals surface area contributed by atoms with Gasteiger partial charge in [-0.15, -0.1) is 0 Å². The van der Waals surface area contributed by atoms with E-state index in [4.69, 9.17) is 9.05 Å². The van der Waals surface area contributed by atoms with Gasteiger partial charge in [-0.25, -0.2) is 0 Å². The van der Waals surface area contributed by atoms with Crippen LogP contribution < -0.4 is 0 Å². The minimum absolute atomic E-state index is 0.214. The molecule has 1 atom stereocenters. The predicted molar refractivity (Wildman–Crippen MR) is 99.7 cm³/mol. The summed E-state index contributed by atoms with van der Waals surface area (Å²) < 4.78 is 24.4. The van der Waals surface area contributed by atoms with Crippen LogP contribution in [0.5, 0.6) is 0 Å². The molecule has 1 fully saturated rings. The summed E-state index contributed by atoms with van der Waals surface area (Å²) in [5, 5.41) is 14.8. The van der Waals surface area contributed by atoms with Crippen LogP contribution in [0.25, 0.3) is 21.5 Å². The van der Waals surface area contributed by atoms with Crippen LogP contribution in [0.1, 0.15) is 25.3 Å². The fourth-order valence-corrected chi connectivity index (χ4v) is 5.24. The monoisotopic (exact) mass is 356 g/mol. The van der Waals surface area contributed by atoms with Crippen molar-refractivity contribution in [2.24, 2.45) is 5.41 Å². The molecule has 3 aromatic carbocycles. The maximum absolute atomic E-state index is 13.2. The zero-order valence-electron chi connectivity index (χ0n) is 14.3. The minimum atomic E-state index is -3.66. The van der Waals surface area contributed by atoms with Gasteiger partial charge in [0.1, 0.15) is 0 Å². The molecular formula is C20H21O4P. The molecule has 1 aliphatic rings. The van der Waals surface area contributed by atoms with Crippen molar-refractivity contribution in [1.82, 2.24) is 0 Å². The average molecular weight is 356 g/mol. The number of rotatable bonds is 2. The number of hydrogen-bond acceptors (Lipinski definition) is 4. The van der Waals surface area contributed by atoms with E-state index in [2.05, 4.69) is 6.07 Å². The maximum atomic E-state index is 13.2. The highest BCUT2D eigenvalue weighted by molar-refractivity contribution is 7.54. The highest BCUT2D eigenvalue weighted by atomic mass is 31.2. The Bertz CT molecular complexity index is 927. The molecule has 1 N–H and O–H groups in total. The largest absolute Gasteiger partial charge is 0.376 e. The van der Waals surface area contributed by atoms with Crippen molar-refractivity contribution >= 4 is 29.1 Å². The Hall–Kier alpha value is -1.71. The van der Waals surface area contributed by atoms with E-state index in [1.807, 2.05) is 62.4 Å². The molecule has 130 valence electrons. The van der Waals surface area contributed by atoms with Gasteiger partial charge in [0, 0.05) is 11.0 Å². The van der Waals surface area contributed by atoms with Gasteiger partial charge >= 0.3 is 7.60 Å². The van der Waals surface area contributed by atoms with Crippen LogP contribution in [0, 0.1) is 5.41 Å². The summed E-state index contributed by atoms with van der Waals surface area (Å²) in [6.07, 6.45) is 0. The molecule has 0 radical (unpaired) electrons. The fraction of sp³-hybridized carbons (Fsp3) is 0.300. The van der Waals surface area contributed by atoms with Crippen LogP contribution in [0.4, 0.5) is 0 Å². The van der Waals surface area contributed by atoms with Gasteiger partial charge in [0.25, 0.3) is 0 Å². The third-order valence-electron chi connectivity index (χ3n) is 4.64. The molecule has 0 aromatic heterocycles. The molecular weight excluding hydrogens is 335 g/mol. The Morgan fingerprint density at radius 3 is 1.96 bits per heavy atom. The van der Waals surface area contributed by atoms with Gasteiger partial charge in [-0.05, 0) is 27.6 Å². The van der Waals surface area contributed by atoms with Gasteiger partial charge in [-0.1, -0.05) is 62.4 Å². The summed E-state index contributed by atoms with van der Waals surface area (Å²) >= 11 is 0. The maximum Gasteiger partial charge on any atom is 0.363 e. The molecule has 4 rings (SSSR count). The minimum Gasteiger partial charge on any atom is -0.376 e. The second-order valence-corrected chi connectivity index (χ2v) is 9.44. The van der Waals surface area contributed by atoms with Gasteiger partial charge in [0.15, 0.2) is 5.85 Å². The summed E-state index contributed by atoms with van der Waals surface area (Å²) in [4.78, 5) is 0. The van der Waals surface area contributed by atoms with Crippen LogP contribution in [-0.4, -0.2) is 18.3 Å². The van der Waals surface area contributed by atoms with Gasteiger partial charge < -0.3 is 14.2 Å². The highest BCUT2D eigenvalue weighted by Gasteiger charge is 2.44. The first-order chi connectivity index (χ1) is 11.9. The summed E-state index contributed by atoms with van der Waals surface area (Å²) in [7, 11) is -3.66. The Balaban J connectivity index is 1.91. The fourth-order valence-electron chi connectivity index (χ4n) is 3.23. The second-order valence-electron chi connectivity index (χ2n) is 7.36. The van der Waals surface area contributed by atoms with Crippen molar-refractivity contribution in [2.45, 2.75) is 19.7 Å². The first kappa shape index (κ1) is 16.7. The molecule has 5 heteroatoms. The molecule has 4 nitrogen and oxygen atoms in total. The van der Waals surface area contributed by atoms with E-state index in [0.717, 1.165) is 21.5 Å². The lowest BCUT2D eigenvalue weighted by atomic mass is 9.97. The standard InChI is InChI=1S/C20H21O4P/c1-20(2)12-23-25(22,24-13-20)19(21)18-16-9-5-3-7-14(16)11-15-8-4-6-10-17(15)18/h3-11,19,21H,12-13H2,1-2H3. The number of fused-ring (bicyclic) bond motifs is 2. The van der Waals surface area contributed by atoms with E-state index < -0.39 is 13.4 Å². The summed E-state index contributed by atoms with van der Waals surface area (Å²) in [5.41, 5.74) is 0.394. The van der Waals surface area contributed by atoms with E-state index in [0.29, 0.717) is 18.8 Å². The van der Waals surface area contributed by atoms with E-state index in [9.17, 15) is 9.67 Å². The first-order valence-corrected chi connectivity index (χ1v) is 9.98. The molecule has 3 aromatic rings. The molecule has 1 saturated heterocycles. The van der Waals surface area contributed by atoms with E-state index in [1.165, 1.54) is 0 Å². The normalized spacial score (nSPS) is 20.6. The molecule has 1 aliphatic heterocycles. The second kappa shape index (κ2) is 5.93. The Morgan fingerprint density at radius 2 is 1.44 bits per heavy atom. The molecule has 0 spiro atoms. The smallest absolute Gasteiger partial charge is 0.363 e. The average Bonchev–Trinajstić information content (AvgIpc) is 2.62. The molecule has 0 bridgehead atoms. The van der Waals surface area contributed by atoms with Crippen molar-refractivity contribution in [2.75, 3.05) is 13.2 Å². The van der Waals surface area contributed by atoms with Crippen LogP contribution >= 0.6 is 7.60 Å². The highest BCUT2D eigenvalue weighted by Crippen LogP contribution is 2.64. The lowest BCUT2D eigenvalue weighted by Gasteiger charge is -2.36. The van der Waals surface area contributed by atoms with E-state index >= 15 is 0 Å². The van der Waals surface area contributed by atoms with Crippen LogP contribution in [-0.2, 0) is 13.6 Å². The Kier molecular flexibility index (Phi) is 3.97. The summed E-state index contributed by atoms with van der Waals surface area (Å²) in [6, 6.07) is 17.6. The first-order valence-electron chi connectivity index (χ1n) is 8.37. The number of hydrogen-bond donors (Lipinski definition) is 1. The molecule has 0 amide bonds. The van der Waals surface area contributed by atoms with Crippen molar-refractivity contribution in [3.05, 3.63) is 60.2 Å². The van der Waals surface area contributed by atoms with E-state index in [1.54, 1.807) is 0 Å². The SMILES string of the molecule is CC1(C)COP(=O)(C(O)c2c3ccccc3cc3ccccc23)OC1. The van der Waals surface area contributed by atoms with Gasteiger partial charge in [-0.3, -0.25) is 4.57 Å². The zero-order chi connectivity index (χ0) is 17.7. The lowest BCUT2D eigenvalue weighted by Crippen LogP contribution is -2.30. The molecule has 1 heterocycles. The number of benzene rings is 3. The quantitative estimate of drug-likeness (QED) is 0.503. The zero-order valence-corrected chi connectivity index (χ0v) is 15.2.